The number of carbonyl (C=O) groups excluding carboxylic acids is 1. The van der Waals surface area contributed by atoms with Crippen LogP contribution in [-0.2, 0) is 4.79 Å². The van der Waals surface area contributed by atoms with E-state index in [0.29, 0.717) is 12.1 Å². The molecule has 0 unspecified atom stereocenters. The van der Waals surface area contributed by atoms with Crippen molar-refractivity contribution in [3.63, 3.8) is 0 Å². The Morgan fingerprint density at radius 2 is 2.00 bits per heavy atom. The zero-order valence-electron chi connectivity index (χ0n) is 9.36. The summed E-state index contributed by atoms with van der Waals surface area (Å²) >= 11 is 0. The van der Waals surface area contributed by atoms with E-state index >= 15 is 0 Å². The Kier molecular flexibility index (Phi) is 4.16. The van der Waals surface area contributed by atoms with Crippen molar-refractivity contribution in [1.82, 2.24) is 0 Å². The highest BCUT2D eigenvalue weighted by Crippen LogP contribution is 2.23. The summed E-state index contributed by atoms with van der Waals surface area (Å²) in [5.74, 6) is 0.120. The number of carbonyl (C=O) groups is 1. The molecule has 0 saturated carbocycles. The molecule has 0 bridgehead atoms. The molecule has 0 spiro atoms. The zero-order chi connectivity index (χ0) is 11.3. The fraction of sp³-hybridized carbons (Fsp3) is 0.417. The summed E-state index contributed by atoms with van der Waals surface area (Å²) < 4.78 is 0. The lowest BCUT2D eigenvalue weighted by molar-refractivity contribution is -0.118. The second-order valence-corrected chi connectivity index (χ2v) is 3.46. The largest absolute Gasteiger partial charge is 0.397 e. The predicted octanol–water partition coefficient (Wildman–Crippen LogP) is 2.42. The van der Waals surface area contributed by atoms with E-state index in [4.69, 9.17) is 5.73 Å². The molecule has 1 amide bonds. The van der Waals surface area contributed by atoms with Gasteiger partial charge in [0.25, 0.3) is 0 Å². The predicted molar refractivity (Wildman–Crippen MR) is 63.8 cm³/mol. The number of para-hydroxylation sites is 2. The third kappa shape index (κ3) is 2.72. The number of benzene rings is 1. The van der Waals surface area contributed by atoms with E-state index in [1.807, 2.05) is 31.2 Å². The molecule has 15 heavy (non-hydrogen) atoms. The molecule has 1 aromatic carbocycles. The van der Waals surface area contributed by atoms with Crippen molar-refractivity contribution in [3.8, 4) is 0 Å². The first kappa shape index (κ1) is 11.6. The highest BCUT2D eigenvalue weighted by atomic mass is 16.2. The maximum Gasteiger partial charge on any atom is 0.226 e. The molecule has 0 radical (unpaired) electrons. The summed E-state index contributed by atoms with van der Waals surface area (Å²) in [4.78, 5) is 13.5. The lowest BCUT2D eigenvalue weighted by Crippen LogP contribution is -2.31. The summed E-state index contributed by atoms with van der Waals surface area (Å²) in [6, 6.07) is 7.48. The summed E-state index contributed by atoms with van der Waals surface area (Å²) in [7, 11) is 0. The van der Waals surface area contributed by atoms with Gasteiger partial charge >= 0.3 is 0 Å². The number of nitrogens with zero attached hydrogens (tertiary/aromatic N) is 1. The van der Waals surface area contributed by atoms with Gasteiger partial charge in [0.1, 0.15) is 0 Å². The van der Waals surface area contributed by atoms with Gasteiger partial charge in [-0.1, -0.05) is 26.0 Å². The van der Waals surface area contributed by atoms with Gasteiger partial charge in [0.2, 0.25) is 5.91 Å². The fourth-order valence-electron chi connectivity index (χ4n) is 1.53. The van der Waals surface area contributed by atoms with Crippen LogP contribution in [0.1, 0.15) is 26.7 Å². The monoisotopic (exact) mass is 206 g/mol. The summed E-state index contributed by atoms with van der Waals surface area (Å²) in [5, 5.41) is 0. The van der Waals surface area contributed by atoms with E-state index in [-0.39, 0.29) is 5.91 Å². The first-order valence-corrected chi connectivity index (χ1v) is 5.35. The van der Waals surface area contributed by atoms with E-state index in [9.17, 15) is 4.79 Å². The Bertz CT molecular complexity index is 336. The van der Waals surface area contributed by atoms with Crippen molar-refractivity contribution in [2.45, 2.75) is 26.7 Å². The highest BCUT2D eigenvalue weighted by molar-refractivity contribution is 5.96. The molecule has 1 aromatic rings. The maximum atomic E-state index is 11.7. The average molecular weight is 206 g/mol. The molecule has 0 saturated heterocycles. The number of rotatable bonds is 4. The van der Waals surface area contributed by atoms with Crippen molar-refractivity contribution in [2.75, 3.05) is 17.2 Å². The van der Waals surface area contributed by atoms with Gasteiger partial charge in [-0.15, -0.1) is 0 Å². The van der Waals surface area contributed by atoms with Gasteiger partial charge in [0.05, 0.1) is 11.4 Å². The fourth-order valence-corrected chi connectivity index (χ4v) is 1.53. The first-order valence-electron chi connectivity index (χ1n) is 5.35. The van der Waals surface area contributed by atoms with Crippen LogP contribution in [0.4, 0.5) is 11.4 Å². The molecule has 1 rings (SSSR count). The Hall–Kier alpha value is -1.51. The molecular formula is C12H18N2O. The van der Waals surface area contributed by atoms with Crippen molar-refractivity contribution in [1.29, 1.82) is 0 Å². The van der Waals surface area contributed by atoms with Gasteiger partial charge in [-0.05, 0) is 18.6 Å². The molecule has 0 atom stereocenters. The highest BCUT2D eigenvalue weighted by Gasteiger charge is 2.14. The number of nitrogen functional groups attached to an aromatic ring is 1. The van der Waals surface area contributed by atoms with E-state index in [2.05, 4.69) is 6.92 Å². The summed E-state index contributed by atoms with van der Waals surface area (Å²) in [5.41, 5.74) is 7.34. The molecule has 0 aliphatic heterocycles. The minimum Gasteiger partial charge on any atom is -0.397 e. The Balaban J connectivity index is 2.98. The second-order valence-electron chi connectivity index (χ2n) is 3.46. The first-order chi connectivity index (χ1) is 7.20. The summed E-state index contributed by atoms with van der Waals surface area (Å²) in [6.07, 6.45) is 1.44. The number of hydrogen-bond acceptors (Lipinski definition) is 2. The molecular weight excluding hydrogens is 188 g/mol. The van der Waals surface area contributed by atoms with E-state index in [1.54, 1.807) is 4.90 Å². The molecule has 0 aliphatic carbocycles. The minimum absolute atomic E-state index is 0.120. The van der Waals surface area contributed by atoms with Crippen molar-refractivity contribution in [2.24, 2.45) is 0 Å². The Morgan fingerprint density at radius 1 is 1.33 bits per heavy atom. The lowest BCUT2D eigenvalue weighted by atomic mass is 10.2. The molecule has 0 fully saturated rings. The van der Waals surface area contributed by atoms with Gasteiger partial charge in [-0.2, -0.15) is 0 Å². The van der Waals surface area contributed by atoms with Gasteiger partial charge in [0.15, 0.2) is 0 Å². The normalized spacial score (nSPS) is 10.0. The van der Waals surface area contributed by atoms with E-state index in [1.165, 1.54) is 0 Å². The molecule has 0 aromatic heterocycles. The van der Waals surface area contributed by atoms with Crippen LogP contribution in [0.15, 0.2) is 24.3 Å². The third-order valence-corrected chi connectivity index (χ3v) is 2.28. The van der Waals surface area contributed by atoms with Crippen LogP contribution in [-0.4, -0.2) is 12.5 Å². The standard InChI is InChI=1S/C12H18N2O/c1-3-9-14(12(15)4-2)11-8-6-5-7-10(11)13/h5-8H,3-4,9,13H2,1-2H3. The van der Waals surface area contributed by atoms with E-state index in [0.717, 1.165) is 18.7 Å². The number of anilines is 2. The topological polar surface area (TPSA) is 46.3 Å². The smallest absolute Gasteiger partial charge is 0.226 e. The quantitative estimate of drug-likeness (QED) is 0.769. The number of nitrogens with two attached hydrogens (primary N) is 1. The molecule has 2 N–H and O–H groups in total. The minimum atomic E-state index is 0.120. The Morgan fingerprint density at radius 3 is 2.53 bits per heavy atom. The van der Waals surface area contributed by atoms with Crippen molar-refractivity contribution >= 4 is 17.3 Å². The van der Waals surface area contributed by atoms with E-state index < -0.39 is 0 Å². The van der Waals surface area contributed by atoms with Crippen LogP contribution in [0.5, 0.6) is 0 Å². The van der Waals surface area contributed by atoms with Crippen LogP contribution in [0.2, 0.25) is 0 Å². The summed E-state index contributed by atoms with van der Waals surface area (Å²) in [6.45, 7) is 4.64. The number of hydrogen-bond donors (Lipinski definition) is 1. The van der Waals surface area contributed by atoms with Crippen LogP contribution >= 0.6 is 0 Å². The van der Waals surface area contributed by atoms with Gasteiger partial charge in [0, 0.05) is 13.0 Å². The van der Waals surface area contributed by atoms with Gasteiger partial charge in [-0.25, -0.2) is 0 Å². The molecule has 0 aliphatic rings. The lowest BCUT2D eigenvalue weighted by Gasteiger charge is -2.23. The third-order valence-electron chi connectivity index (χ3n) is 2.28. The second kappa shape index (κ2) is 5.39. The van der Waals surface area contributed by atoms with Crippen molar-refractivity contribution < 1.29 is 4.79 Å². The average Bonchev–Trinajstić information content (AvgIpc) is 2.26. The van der Waals surface area contributed by atoms with Gasteiger partial charge in [-0.3, -0.25) is 4.79 Å². The SMILES string of the molecule is CCCN(C(=O)CC)c1ccccc1N. The molecule has 82 valence electrons. The van der Waals surface area contributed by atoms with Crippen LogP contribution < -0.4 is 10.6 Å². The molecule has 3 heteroatoms. The van der Waals surface area contributed by atoms with Crippen molar-refractivity contribution in [3.05, 3.63) is 24.3 Å². The molecule has 0 heterocycles. The zero-order valence-corrected chi connectivity index (χ0v) is 9.36. The van der Waals surface area contributed by atoms with Gasteiger partial charge < -0.3 is 10.6 Å². The van der Waals surface area contributed by atoms with Crippen LogP contribution in [0, 0.1) is 0 Å². The van der Waals surface area contributed by atoms with Crippen LogP contribution in [0.25, 0.3) is 0 Å². The number of amides is 1. The van der Waals surface area contributed by atoms with Crippen LogP contribution in [0.3, 0.4) is 0 Å². The Labute approximate surface area is 90.9 Å². The maximum absolute atomic E-state index is 11.7. The molecule has 3 nitrogen and oxygen atoms in total.